The van der Waals surface area contributed by atoms with Crippen molar-refractivity contribution < 1.29 is 19.7 Å². The van der Waals surface area contributed by atoms with E-state index >= 15 is 0 Å². The molecular formula is C34H32ClN3O4. The van der Waals surface area contributed by atoms with Crippen LogP contribution >= 0.6 is 11.6 Å². The molecule has 0 saturated heterocycles. The lowest BCUT2D eigenvalue weighted by Crippen LogP contribution is -2.41. The third kappa shape index (κ3) is 7.32. The predicted molar refractivity (Wildman–Crippen MR) is 165 cm³/mol. The molecule has 5 aromatic rings. The minimum absolute atomic E-state index is 0.0797. The van der Waals surface area contributed by atoms with Crippen LogP contribution in [0.4, 0.5) is 0 Å². The molecule has 2 atom stereocenters. The molecule has 1 amide bonds. The molecule has 0 radical (unpaired) electrons. The molecule has 0 unspecified atom stereocenters. The van der Waals surface area contributed by atoms with Crippen LogP contribution in [0.1, 0.15) is 33.2 Å². The molecule has 5 rings (SSSR count). The summed E-state index contributed by atoms with van der Waals surface area (Å²) in [6.45, 7) is 0.815. The number of carbonyl (C=O) groups excluding carboxylic acids is 1. The van der Waals surface area contributed by atoms with Gasteiger partial charge in [0, 0.05) is 41.3 Å². The van der Waals surface area contributed by atoms with Crippen LogP contribution in [0.25, 0.3) is 10.9 Å². The Hall–Kier alpha value is -4.27. The Kier molecular flexibility index (Phi) is 9.46. The normalized spacial score (nSPS) is 12.8. The first-order valence-corrected chi connectivity index (χ1v) is 14.0. The van der Waals surface area contributed by atoms with E-state index in [0.29, 0.717) is 47.1 Å². The van der Waals surface area contributed by atoms with E-state index < -0.39 is 12.0 Å². The van der Waals surface area contributed by atoms with Crippen LogP contribution in [0.5, 0.6) is 11.5 Å². The number of hydrogen-bond donors (Lipinski definition) is 3. The standard InChI is InChI=1S/C34H32ClN3O4/c35-27-8-4-7-25(18-27)32(40)21-38(20-24-5-2-1-3-6-24)28(22-39)17-23-9-12-29(13-10-23)42-33-15-16-37-31-19-26(34(36)41)11-14-30(31)33/h1-16,18-19,28,32,39-40H,17,20-22H2,(H2,36,41)/t28-,32+/m0/s1. The molecule has 0 bridgehead atoms. The molecule has 1 heterocycles. The maximum Gasteiger partial charge on any atom is 0.248 e. The van der Waals surface area contributed by atoms with Crippen molar-refractivity contribution in [1.29, 1.82) is 0 Å². The van der Waals surface area contributed by atoms with E-state index in [1.54, 1.807) is 42.6 Å². The largest absolute Gasteiger partial charge is 0.457 e. The van der Waals surface area contributed by atoms with Crippen molar-refractivity contribution in [2.45, 2.75) is 25.1 Å². The summed E-state index contributed by atoms with van der Waals surface area (Å²) < 4.78 is 6.16. The van der Waals surface area contributed by atoms with Crippen LogP contribution in [-0.4, -0.2) is 45.2 Å². The molecule has 4 N–H and O–H groups in total. The first-order valence-electron chi connectivity index (χ1n) is 13.7. The third-order valence-electron chi connectivity index (χ3n) is 7.21. The Morgan fingerprint density at radius 1 is 0.929 bits per heavy atom. The van der Waals surface area contributed by atoms with Gasteiger partial charge in [-0.1, -0.05) is 66.2 Å². The fourth-order valence-electron chi connectivity index (χ4n) is 4.97. The number of primary amides is 1. The summed E-state index contributed by atoms with van der Waals surface area (Å²) in [7, 11) is 0. The Morgan fingerprint density at radius 2 is 1.71 bits per heavy atom. The number of aliphatic hydroxyl groups is 2. The number of nitrogens with two attached hydrogens (primary N) is 1. The highest BCUT2D eigenvalue weighted by molar-refractivity contribution is 6.30. The molecule has 1 aromatic heterocycles. The average Bonchev–Trinajstić information content (AvgIpc) is 3.00. The van der Waals surface area contributed by atoms with Gasteiger partial charge in [0.05, 0.1) is 18.2 Å². The van der Waals surface area contributed by atoms with Gasteiger partial charge in [-0.15, -0.1) is 0 Å². The van der Waals surface area contributed by atoms with Crippen molar-refractivity contribution in [1.82, 2.24) is 9.88 Å². The first kappa shape index (κ1) is 29.2. The van der Waals surface area contributed by atoms with Gasteiger partial charge in [0.1, 0.15) is 11.5 Å². The SMILES string of the molecule is NC(=O)c1ccc2c(Oc3ccc(C[C@@H](CO)N(Cc4ccccc4)C[C@@H](O)c4cccc(Cl)c4)cc3)ccnc2c1. The zero-order valence-corrected chi connectivity index (χ0v) is 23.7. The Labute approximate surface area is 249 Å². The van der Waals surface area contributed by atoms with E-state index in [1.807, 2.05) is 66.7 Å². The summed E-state index contributed by atoms with van der Waals surface area (Å²) in [5.74, 6) is 0.743. The van der Waals surface area contributed by atoms with Crippen LogP contribution in [-0.2, 0) is 13.0 Å². The molecule has 42 heavy (non-hydrogen) atoms. The summed E-state index contributed by atoms with van der Waals surface area (Å²) in [5.41, 5.74) is 9.24. The van der Waals surface area contributed by atoms with E-state index in [2.05, 4.69) is 9.88 Å². The second-order valence-corrected chi connectivity index (χ2v) is 10.6. The summed E-state index contributed by atoms with van der Waals surface area (Å²) >= 11 is 6.17. The minimum atomic E-state index is -0.772. The topological polar surface area (TPSA) is 109 Å². The number of pyridine rings is 1. The number of benzene rings is 4. The molecule has 4 aromatic carbocycles. The molecule has 8 heteroatoms. The second kappa shape index (κ2) is 13.6. The number of aliphatic hydroxyl groups excluding tert-OH is 2. The van der Waals surface area contributed by atoms with E-state index in [1.165, 1.54) is 0 Å². The number of hydrogen-bond acceptors (Lipinski definition) is 6. The molecule has 0 aliphatic heterocycles. The number of halogens is 1. The molecule has 0 spiro atoms. The zero-order valence-electron chi connectivity index (χ0n) is 22.9. The zero-order chi connectivity index (χ0) is 29.5. The van der Waals surface area contributed by atoms with Gasteiger partial charge in [-0.3, -0.25) is 14.7 Å². The molecule has 0 saturated carbocycles. The molecular weight excluding hydrogens is 550 g/mol. The van der Waals surface area contributed by atoms with Crippen LogP contribution in [0.3, 0.4) is 0 Å². The molecule has 0 fully saturated rings. The van der Waals surface area contributed by atoms with E-state index in [0.717, 1.165) is 22.1 Å². The first-order chi connectivity index (χ1) is 20.4. The minimum Gasteiger partial charge on any atom is -0.457 e. The van der Waals surface area contributed by atoms with Gasteiger partial charge in [0.15, 0.2) is 0 Å². The quantitative estimate of drug-likeness (QED) is 0.169. The smallest absolute Gasteiger partial charge is 0.248 e. The lowest BCUT2D eigenvalue weighted by atomic mass is 10.0. The fourth-order valence-corrected chi connectivity index (χ4v) is 5.17. The van der Waals surface area contributed by atoms with E-state index in [9.17, 15) is 15.0 Å². The number of fused-ring (bicyclic) bond motifs is 1. The highest BCUT2D eigenvalue weighted by Crippen LogP contribution is 2.30. The lowest BCUT2D eigenvalue weighted by Gasteiger charge is -2.32. The van der Waals surface area contributed by atoms with Crippen molar-refractivity contribution >= 4 is 28.4 Å². The van der Waals surface area contributed by atoms with Crippen LogP contribution in [0, 0.1) is 0 Å². The van der Waals surface area contributed by atoms with Gasteiger partial charge < -0.3 is 20.7 Å². The van der Waals surface area contributed by atoms with Gasteiger partial charge >= 0.3 is 0 Å². The number of rotatable bonds is 12. The van der Waals surface area contributed by atoms with Crippen molar-refractivity contribution in [2.24, 2.45) is 5.73 Å². The average molecular weight is 582 g/mol. The third-order valence-corrected chi connectivity index (χ3v) is 7.44. The highest BCUT2D eigenvalue weighted by atomic mass is 35.5. The number of nitrogens with zero attached hydrogens (tertiary/aromatic N) is 2. The Bertz CT molecular complexity index is 1650. The van der Waals surface area contributed by atoms with Crippen molar-refractivity contribution in [2.75, 3.05) is 13.2 Å². The summed E-state index contributed by atoms with van der Waals surface area (Å²) in [6.07, 6.45) is 1.42. The van der Waals surface area contributed by atoms with Crippen LogP contribution in [0.2, 0.25) is 5.02 Å². The maximum absolute atomic E-state index is 11.5. The van der Waals surface area contributed by atoms with Crippen molar-refractivity contribution in [3.05, 3.63) is 137 Å². The second-order valence-electron chi connectivity index (χ2n) is 10.2. The van der Waals surface area contributed by atoms with Crippen LogP contribution in [0.15, 0.2) is 109 Å². The Morgan fingerprint density at radius 3 is 2.43 bits per heavy atom. The molecule has 7 nitrogen and oxygen atoms in total. The fraction of sp³-hybridized carbons (Fsp3) is 0.176. The van der Waals surface area contributed by atoms with Gasteiger partial charge in [0.2, 0.25) is 5.91 Å². The summed E-state index contributed by atoms with van der Waals surface area (Å²) in [4.78, 5) is 18.0. The summed E-state index contributed by atoms with van der Waals surface area (Å²) in [6, 6.07) is 31.6. The molecule has 0 aliphatic carbocycles. The van der Waals surface area contributed by atoms with Crippen molar-refractivity contribution in [3.8, 4) is 11.5 Å². The van der Waals surface area contributed by atoms with Crippen LogP contribution < -0.4 is 10.5 Å². The molecule has 0 aliphatic rings. The number of aromatic nitrogens is 1. The van der Waals surface area contributed by atoms with Gasteiger partial charge in [-0.05, 0) is 71.6 Å². The lowest BCUT2D eigenvalue weighted by molar-refractivity contribution is 0.0566. The number of ether oxygens (including phenoxy) is 1. The number of amides is 1. The molecule has 214 valence electrons. The van der Waals surface area contributed by atoms with Gasteiger partial charge in [-0.2, -0.15) is 0 Å². The monoisotopic (exact) mass is 581 g/mol. The maximum atomic E-state index is 11.5. The van der Waals surface area contributed by atoms with E-state index in [-0.39, 0.29) is 12.6 Å². The van der Waals surface area contributed by atoms with Crippen molar-refractivity contribution in [3.63, 3.8) is 0 Å². The van der Waals surface area contributed by atoms with Gasteiger partial charge in [-0.25, -0.2) is 0 Å². The highest BCUT2D eigenvalue weighted by Gasteiger charge is 2.23. The van der Waals surface area contributed by atoms with E-state index in [4.69, 9.17) is 22.1 Å². The summed E-state index contributed by atoms with van der Waals surface area (Å²) in [5, 5.41) is 22.9. The van der Waals surface area contributed by atoms with Gasteiger partial charge in [0.25, 0.3) is 0 Å². The Balaban J connectivity index is 1.32. The number of carbonyl (C=O) groups is 1. The predicted octanol–water partition coefficient (Wildman–Crippen LogP) is 5.92.